The van der Waals surface area contributed by atoms with Crippen LogP contribution in [-0.2, 0) is 9.53 Å². The predicted molar refractivity (Wildman–Crippen MR) is 99.0 cm³/mol. The van der Waals surface area contributed by atoms with E-state index in [0.29, 0.717) is 5.32 Å². The van der Waals surface area contributed by atoms with Gasteiger partial charge in [-0.1, -0.05) is 0 Å². The zero-order valence-electron chi connectivity index (χ0n) is 19.2. The van der Waals surface area contributed by atoms with Crippen LogP contribution in [0.2, 0.25) is 0 Å². The molecule has 1 heterocycles. The van der Waals surface area contributed by atoms with Crippen LogP contribution in [0, 0.1) is 18.3 Å². The molecule has 1 N–H and O–H groups in total. The van der Waals surface area contributed by atoms with Gasteiger partial charge in [-0.2, -0.15) is 79.9 Å². The number of halogens is 17. The highest BCUT2D eigenvalue weighted by Crippen LogP contribution is 2.64. The standard InChI is InChI=1S/C18H9F17N2O3S/c1-3-40-9(38)7-5(2)6(4-36)8(41-7)37-10(39)11(19,20)12(21,22)13(23,24)14(25,26)15(27,28)16(29,30)17(31,32)18(33,34)35/h3H2,1-2H3,(H,37,39). The lowest BCUT2D eigenvalue weighted by atomic mass is 9.89. The summed E-state index contributed by atoms with van der Waals surface area (Å²) in [7, 11) is 0. The highest BCUT2D eigenvalue weighted by molar-refractivity contribution is 7.18. The molecule has 23 heteroatoms. The molecule has 1 amide bonds. The second kappa shape index (κ2) is 10.3. The Hall–Kier alpha value is -3.06. The highest BCUT2D eigenvalue weighted by atomic mass is 32.1. The van der Waals surface area contributed by atoms with Gasteiger partial charge >= 0.3 is 59.5 Å². The topological polar surface area (TPSA) is 79.2 Å². The van der Waals surface area contributed by atoms with Gasteiger partial charge in [-0.05, 0) is 19.4 Å². The van der Waals surface area contributed by atoms with Gasteiger partial charge in [0, 0.05) is 0 Å². The molecule has 0 fully saturated rings. The number of carbonyl (C=O) groups is 2. The quantitative estimate of drug-likeness (QED) is 0.216. The molecule has 1 aromatic heterocycles. The Balaban J connectivity index is 3.65. The molecule has 1 rings (SSSR count). The molecule has 0 bridgehead atoms. The summed E-state index contributed by atoms with van der Waals surface area (Å²) in [6, 6.07) is 1.14. The third-order valence-corrected chi connectivity index (χ3v) is 6.14. The summed E-state index contributed by atoms with van der Waals surface area (Å²) in [6.45, 7) is 1.75. The van der Waals surface area contributed by atoms with E-state index in [-0.39, 0.29) is 17.9 Å². The van der Waals surface area contributed by atoms with E-state index in [0.717, 1.165) is 13.0 Å². The fourth-order valence-corrected chi connectivity index (χ4v) is 3.66. The molecule has 0 aliphatic rings. The van der Waals surface area contributed by atoms with Crippen LogP contribution < -0.4 is 5.32 Å². The Morgan fingerprint density at radius 3 is 1.51 bits per heavy atom. The molecule has 0 saturated heterocycles. The van der Waals surface area contributed by atoms with E-state index < -0.39 is 80.5 Å². The minimum atomic E-state index is -8.85. The van der Waals surface area contributed by atoms with Crippen molar-refractivity contribution in [1.82, 2.24) is 0 Å². The fourth-order valence-electron chi connectivity index (χ4n) is 2.62. The number of anilines is 1. The summed E-state index contributed by atoms with van der Waals surface area (Å²) in [5.74, 6) is -64.1. The lowest BCUT2D eigenvalue weighted by molar-refractivity contribution is -0.459. The number of nitrogens with zero attached hydrogens (tertiary/aromatic N) is 1. The van der Waals surface area contributed by atoms with Crippen LogP contribution in [0.3, 0.4) is 0 Å². The van der Waals surface area contributed by atoms with Crippen molar-refractivity contribution in [1.29, 1.82) is 5.26 Å². The molecule has 41 heavy (non-hydrogen) atoms. The summed E-state index contributed by atoms with van der Waals surface area (Å²) in [4.78, 5) is 22.8. The lowest BCUT2D eigenvalue weighted by Crippen LogP contribution is -2.75. The highest BCUT2D eigenvalue weighted by Gasteiger charge is 2.95. The van der Waals surface area contributed by atoms with Gasteiger partial charge in [-0.3, -0.25) is 4.79 Å². The Morgan fingerprint density at radius 2 is 1.15 bits per heavy atom. The van der Waals surface area contributed by atoms with Crippen LogP contribution in [0.4, 0.5) is 79.6 Å². The van der Waals surface area contributed by atoms with Gasteiger partial charge in [0.15, 0.2) is 0 Å². The number of alkyl halides is 17. The van der Waals surface area contributed by atoms with E-state index >= 15 is 0 Å². The first-order valence-electron chi connectivity index (χ1n) is 9.70. The molecule has 234 valence electrons. The van der Waals surface area contributed by atoms with E-state index in [2.05, 4.69) is 4.74 Å². The minimum absolute atomic E-state index is 0.212. The number of hydrogen-bond donors (Lipinski definition) is 1. The minimum Gasteiger partial charge on any atom is -0.462 e. The largest absolute Gasteiger partial charge is 0.462 e. The first-order valence-corrected chi connectivity index (χ1v) is 10.5. The van der Waals surface area contributed by atoms with Gasteiger partial charge in [0.25, 0.3) is 0 Å². The molecule has 0 atom stereocenters. The first-order chi connectivity index (χ1) is 18.0. The molecule has 5 nitrogen and oxygen atoms in total. The fraction of sp³-hybridized carbons (Fsp3) is 0.611. The zero-order chi connectivity index (χ0) is 33.0. The Bertz CT molecular complexity index is 1230. The van der Waals surface area contributed by atoms with Crippen LogP contribution >= 0.6 is 11.3 Å². The van der Waals surface area contributed by atoms with Gasteiger partial charge in [0.05, 0.1) is 12.2 Å². The number of thiophene rings is 1. The molecular formula is C18H9F17N2O3S. The van der Waals surface area contributed by atoms with Gasteiger partial charge in [0.1, 0.15) is 15.9 Å². The summed E-state index contributed by atoms with van der Waals surface area (Å²) in [5.41, 5.74) is -1.52. The smallest absolute Gasteiger partial charge is 0.460 e. The van der Waals surface area contributed by atoms with E-state index in [1.807, 2.05) is 0 Å². The van der Waals surface area contributed by atoms with Gasteiger partial charge in [-0.15, -0.1) is 11.3 Å². The molecule has 0 spiro atoms. The molecule has 1 aromatic rings. The van der Waals surface area contributed by atoms with E-state index in [1.165, 1.54) is 6.92 Å². The van der Waals surface area contributed by atoms with E-state index in [9.17, 15) is 84.2 Å². The monoisotopic (exact) mass is 656 g/mol. The van der Waals surface area contributed by atoms with Crippen molar-refractivity contribution >= 4 is 28.2 Å². The molecule has 0 aliphatic heterocycles. The Morgan fingerprint density at radius 1 is 0.756 bits per heavy atom. The van der Waals surface area contributed by atoms with Crippen molar-refractivity contribution in [3.63, 3.8) is 0 Å². The molecule has 0 aromatic carbocycles. The summed E-state index contributed by atoms with van der Waals surface area (Å²) < 4.78 is 232. The van der Waals surface area contributed by atoms with Crippen LogP contribution in [0.5, 0.6) is 0 Å². The van der Waals surface area contributed by atoms with Gasteiger partial charge < -0.3 is 10.1 Å². The van der Waals surface area contributed by atoms with Crippen LogP contribution in [0.1, 0.15) is 27.7 Å². The molecular weight excluding hydrogens is 647 g/mol. The SMILES string of the molecule is CCOC(=O)c1sc(NC(=O)C(F)(F)C(F)(F)C(F)(F)C(F)(F)C(F)(F)C(F)(F)C(F)(F)C(F)(F)F)c(C#N)c1C. The number of ether oxygens (including phenoxy) is 1. The number of esters is 1. The maximum atomic E-state index is 14.1. The van der Waals surface area contributed by atoms with Crippen molar-refractivity contribution in [3.05, 3.63) is 16.0 Å². The number of carbonyl (C=O) groups excluding carboxylic acids is 2. The summed E-state index contributed by atoms with van der Waals surface area (Å²) in [6.07, 6.45) is -7.89. The Kier molecular flexibility index (Phi) is 9.07. The van der Waals surface area contributed by atoms with Crippen molar-refractivity contribution in [2.24, 2.45) is 0 Å². The molecule has 0 saturated carbocycles. The number of amides is 1. The van der Waals surface area contributed by atoms with Crippen molar-refractivity contribution in [3.8, 4) is 6.07 Å². The van der Waals surface area contributed by atoms with Gasteiger partial charge in [0.2, 0.25) is 0 Å². The van der Waals surface area contributed by atoms with Crippen molar-refractivity contribution in [2.75, 3.05) is 11.9 Å². The summed E-state index contributed by atoms with van der Waals surface area (Å²) in [5, 5.41) is 8.32. The zero-order valence-corrected chi connectivity index (χ0v) is 20.0. The summed E-state index contributed by atoms with van der Waals surface area (Å²) >= 11 is -0.212. The number of nitriles is 1. The molecule has 0 aliphatic carbocycles. The normalized spacial score (nSPS) is 14.5. The first kappa shape index (κ1) is 36.0. The van der Waals surface area contributed by atoms with Gasteiger partial charge in [-0.25, -0.2) is 4.79 Å². The third-order valence-electron chi connectivity index (χ3n) is 4.95. The lowest BCUT2D eigenvalue weighted by Gasteiger charge is -2.42. The van der Waals surface area contributed by atoms with Crippen molar-refractivity contribution in [2.45, 2.75) is 61.5 Å². The maximum Gasteiger partial charge on any atom is 0.460 e. The van der Waals surface area contributed by atoms with E-state index in [1.54, 1.807) is 0 Å². The van der Waals surface area contributed by atoms with Crippen LogP contribution in [-0.4, -0.2) is 66.1 Å². The molecule has 0 radical (unpaired) electrons. The average Bonchev–Trinajstić information content (AvgIpc) is 3.12. The van der Waals surface area contributed by atoms with Crippen molar-refractivity contribution < 1.29 is 89.0 Å². The number of rotatable bonds is 10. The van der Waals surface area contributed by atoms with Crippen LogP contribution in [0.25, 0.3) is 0 Å². The number of hydrogen-bond acceptors (Lipinski definition) is 5. The second-order valence-corrected chi connectivity index (χ2v) is 8.59. The van der Waals surface area contributed by atoms with E-state index in [4.69, 9.17) is 5.26 Å². The maximum absolute atomic E-state index is 14.1. The average molecular weight is 656 g/mol. The third kappa shape index (κ3) is 5.00. The Labute approximate surface area is 218 Å². The second-order valence-electron chi connectivity index (χ2n) is 7.57. The molecule has 0 unspecified atom stereocenters. The van der Waals surface area contributed by atoms with Crippen LogP contribution in [0.15, 0.2) is 0 Å². The number of nitrogens with one attached hydrogen (secondary N) is 1. The predicted octanol–water partition coefficient (Wildman–Crippen LogP) is 7.05.